The highest BCUT2D eigenvalue weighted by Crippen LogP contribution is 2.41. The first-order chi connectivity index (χ1) is 2.97. The molecule has 1 N–H and O–H groups in total. The van der Waals surface area contributed by atoms with Gasteiger partial charge in [-0.2, -0.15) is 5.10 Å². The smallest absolute Gasteiger partial charge is 0.259 e. The summed E-state index contributed by atoms with van der Waals surface area (Å²) in [6, 6.07) is 0. The highest BCUT2D eigenvalue weighted by molar-refractivity contribution is 5.45. The average Bonchev–Trinajstić information content (AvgIpc) is 2.17. The van der Waals surface area contributed by atoms with Crippen LogP contribution in [0.2, 0.25) is 0 Å². The van der Waals surface area contributed by atoms with E-state index in [1.54, 1.807) is 6.20 Å². The van der Waals surface area contributed by atoms with Gasteiger partial charge in [0.15, 0.2) is 0 Å². The lowest BCUT2D eigenvalue weighted by molar-refractivity contribution is 0.609. The predicted molar refractivity (Wildman–Crippen MR) is 18.7 cm³/mol. The molecule has 1 aliphatic rings. The van der Waals surface area contributed by atoms with Crippen molar-refractivity contribution in [2.24, 2.45) is 0 Å². The second-order valence-electron chi connectivity index (χ2n) is 1.17. The number of nitrogens with zero attached hydrogens (tertiary/aromatic N) is 1. The number of aromatic nitrogens is 2. The summed E-state index contributed by atoms with van der Waals surface area (Å²) in [5.74, 6) is 1.70. The van der Waals surface area contributed by atoms with Gasteiger partial charge in [0.1, 0.15) is 0 Å². The number of H-pyrrole nitrogens is 1. The third-order valence-corrected chi connectivity index (χ3v) is 0.742. The normalized spacial score (nSPS) is 12.7. The summed E-state index contributed by atoms with van der Waals surface area (Å²) in [6.45, 7) is 0. The lowest BCUT2D eigenvalue weighted by atomic mass is 10.8. The van der Waals surface area contributed by atoms with Gasteiger partial charge in [0.25, 0.3) is 5.88 Å². The van der Waals surface area contributed by atoms with Crippen LogP contribution >= 0.6 is 0 Å². The molecule has 1 aliphatic heterocycles. The Balaban J connectivity index is 2.88. The highest BCUT2D eigenvalue weighted by atomic mass is 16.6. The zero-order valence-electron chi connectivity index (χ0n) is 2.93. The third-order valence-electron chi connectivity index (χ3n) is 0.742. The van der Waals surface area contributed by atoms with E-state index in [0.29, 0.717) is 0 Å². The maximum absolute atomic E-state index is 4.73. The van der Waals surface area contributed by atoms with Gasteiger partial charge in [-0.3, -0.25) is 0 Å². The molecule has 6 heavy (non-hydrogen) atoms. The maximum Gasteiger partial charge on any atom is 0.259 e. The highest BCUT2D eigenvalue weighted by Gasteiger charge is 2.20. The van der Waals surface area contributed by atoms with Crippen molar-refractivity contribution >= 4 is 0 Å². The predicted octanol–water partition coefficient (Wildman–Crippen LogP) is 0.515. The van der Waals surface area contributed by atoms with Gasteiger partial charge >= 0.3 is 0 Å². The summed E-state index contributed by atoms with van der Waals surface area (Å²) in [6.07, 6.45) is 1.65. The van der Waals surface area contributed by atoms with Crippen LogP contribution in [0.1, 0.15) is 0 Å². The number of rotatable bonds is 0. The summed E-state index contributed by atoms with van der Waals surface area (Å²) < 4.78 is 4.73. The standard InChI is InChI=1S/C3H2N2O/c1-2-3(6-2)5-4-1/h1H,(H,4,5). The quantitative estimate of drug-likeness (QED) is 0.470. The molecule has 0 atom stereocenters. The van der Waals surface area contributed by atoms with E-state index in [0.717, 1.165) is 11.6 Å². The van der Waals surface area contributed by atoms with Crippen molar-refractivity contribution in [3.05, 3.63) is 6.20 Å². The Morgan fingerprint density at radius 3 is 3.00 bits per heavy atom. The van der Waals surface area contributed by atoms with Gasteiger partial charge in [0.2, 0.25) is 5.75 Å². The maximum atomic E-state index is 4.73. The fourth-order valence-corrected chi connectivity index (χ4v) is 0.397. The topological polar surface area (TPSA) is 41.2 Å². The number of fused-ring (bicyclic) bond motifs is 1. The Morgan fingerprint density at radius 1 is 1.83 bits per heavy atom. The van der Waals surface area contributed by atoms with Gasteiger partial charge in [-0.05, 0) is 0 Å². The summed E-state index contributed by atoms with van der Waals surface area (Å²) in [5.41, 5.74) is 0. The van der Waals surface area contributed by atoms with E-state index in [9.17, 15) is 0 Å². The monoisotopic (exact) mass is 82.0 g/mol. The summed E-state index contributed by atoms with van der Waals surface area (Å²) in [5, 5.41) is 6.26. The van der Waals surface area contributed by atoms with E-state index < -0.39 is 0 Å². The first kappa shape index (κ1) is 2.23. The number of hydrogen-bond acceptors (Lipinski definition) is 2. The minimum atomic E-state index is 0.815. The molecular formula is C3H2N2O. The molecule has 0 bridgehead atoms. The van der Waals surface area contributed by atoms with Gasteiger partial charge in [-0.1, -0.05) is 0 Å². The third kappa shape index (κ3) is 0.100. The largest absolute Gasteiger partial charge is 0.429 e. The van der Waals surface area contributed by atoms with E-state index in [2.05, 4.69) is 10.2 Å². The first-order valence-corrected chi connectivity index (χ1v) is 1.68. The van der Waals surface area contributed by atoms with Gasteiger partial charge in [0.05, 0.1) is 6.20 Å². The lowest BCUT2D eigenvalue weighted by Crippen LogP contribution is -1.64. The van der Waals surface area contributed by atoms with Crippen LogP contribution in [0.3, 0.4) is 0 Å². The molecule has 0 aliphatic carbocycles. The molecule has 0 aromatic carbocycles. The van der Waals surface area contributed by atoms with Crippen LogP contribution in [-0.2, 0) is 0 Å². The first-order valence-electron chi connectivity index (χ1n) is 1.68. The van der Waals surface area contributed by atoms with Crippen LogP contribution in [0.25, 0.3) is 0 Å². The number of hydrogen-bond donors (Lipinski definition) is 1. The van der Waals surface area contributed by atoms with Crippen molar-refractivity contribution in [1.29, 1.82) is 0 Å². The van der Waals surface area contributed by atoms with Crippen LogP contribution in [0.15, 0.2) is 6.20 Å². The zero-order chi connectivity index (χ0) is 3.98. The van der Waals surface area contributed by atoms with E-state index in [1.807, 2.05) is 0 Å². The molecule has 0 saturated heterocycles. The fourth-order valence-electron chi connectivity index (χ4n) is 0.397. The van der Waals surface area contributed by atoms with Gasteiger partial charge in [-0.15, -0.1) is 0 Å². The Labute approximate surface area is 33.9 Å². The minimum Gasteiger partial charge on any atom is -0.429 e. The summed E-state index contributed by atoms with van der Waals surface area (Å²) >= 11 is 0. The van der Waals surface area contributed by atoms with E-state index >= 15 is 0 Å². The molecule has 2 heterocycles. The molecule has 0 amide bonds. The van der Waals surface area contributed by atoms with Gasteiger partial charge < -0.3 is 4.74 Å². The fraction of sp³-hybridized carbons (Fsp3) is 0. The molecule has 0 radical (unpaired) electrons. The molecule has 3 nitrogen and oxygen atoms in total. The number of aromatic amines is 1. The Morgan fingerprint density at radius 2 is 2.83 bits per heavy atom. The van der Waals surface area contributed by atoms with Crippen molar-refractivity contribution in [2.45, 2.75) is 0 Å². The van der Waals surface area contributed by atoms with Crippen molar-refractivity contribution in [3.63, 3.8) is 0 Å². The molecule has 1 aromatic rings. The van der Waals surface area contributed by atoms with Crippen LogP contribution < -0.4 is 4.74 Å². The van der Waals surface area contributed by atoms with E-state index in [1.165, 1.54) is 0 Å². The molecule has 3 heteroatoms. The molecule has 1 aromatic heterocycles. The Hall–Kier alpha value is -0.990. The molecule has 0 unspecified atom stereocenters. The Bertz CT molecular complexity index is 153. The SMILES string of the molecule is c1n[nH]c2c1O2. The average molecular weight is 82.1 g/mol. The van der Waals surface area contributed by atoms with Gasteiger partial charge in [-0.25, -0.2) is 5.10 Å². The van der Waals surface area contributed by atoms with E-state index in [4.69, 9.17) is 4.74 Å². The van der Waals surface area contributed by atoms with Crippen LogP contribution in [0, 0.1) is 0 Å². The summed E-state index contributed by atoms with van der Waals surface area (Å²) in [4.78, 5) is 0. The van der Waals surface area contributed by atoms with Crippen molar-refractivity contribution < 1.29 is 4.74 Å². The van der Waals surface area contributed by atoms with Crippen molar-refractivity contribution in [1.82, 2.24) is 10.2 Å². The van der Waals surface area contributed by atoms with Crippen molar-refractivity contribution in [2.75, 3.05) is 0 Å². The molecule has 0 spiro atoms. The zero-order valence-corrected chi connectivity index (χ0v) is 2.93. The second-order valence-corrected chi connectivity index (χ2v) is 1.17. The number of ether oxygens (including phenoxy) is 1. The van der Waals surface area contributed by atoms with Crippen LogP contribution in [-0.4, -0.2) is 10.2 Å². The van der Waals surface area contributed by atoms with Crippen LogP contribution in [0.4, 0.5) is 0 Å². The second kappa shape index (κ2) is 0.448. The van der Waals surface area contributed by atoms with Gasteiger partial charge in [0, 0.05) is 0 Å². The molecule has 30 valence electrons. The number of nitrogens with one attached hydrogen (secondary N) is 1. The molecule has 2 rings (SSSR count). The lowest BCUT2D eigenvalue weighted by Gasteiger charge is -1.64. The van der Waals surface area contributed by atoms with Crippen LogP contribution in [0.5, 0.6) is 11.6 Å². The summed E-state index contributed by atoms with van der Waals surface area (Å²) in [7, 11) is 0. The molecular weight excluding hydrogens is 80.0 g/mol. The van der Waals surface area contributed by atoms with E-state index in [-0.39, 0.29) is 0 Å². The molecule has 0 fully saturated rings. The van der Waals surface area contributed by atoms with Crippen molar-refractivity contribution in [3.8, 4) is 11.6 Å². The Kier molecular flexibility index (Phi) is 0.166. The minimum absolute atomic E-state index is 0.815. The molecule has 0 saturated carbocycles.